The van der Waals surface area contributed by atoms with E-state index >= 15 is 0 Å². The highest BCUT2D eigenvalue weighted by atomic mass is 16.5. The molecule has 1 saturated carbocycles. The first-order valence-corrected chi connectivity index (χ1v) is 12.2. The summed E-state index contributed by atoms with van der Waals surface area (Å²) in [5, 5.41) is 4.16. The maximum Gasteiger partial charge on any atom is 0.246 e. The number of aromatic nitrogens is 2. The van der Waals surface area contributed by atoms with Crippen LogP contribution in [-0.4, -0.2) is 40.1 Å². The third kappa shape index (κ3) is 4.95. The summed E-state index contributed by atoms with van der Waals surface area (Å²) in [4.78, 5) is 22.8. The van der Waals surface area contributed by atoms with Gasteiger partial charge < -0.3 is 14.3 Å². The molecule has 3 aromatic rings. The van der Waals surface area contributed by atoms with E-state index in [-0.39, 0.29) is 17.9 Å². The lowest BCUT2D eigenvalue weighted by Gasteiger charge is -2.37. The number of benzene rings is 2. The first kappa shape index (κ1) is 21.7. The van der Waals surface area contributed by atoms with E-state index in [1.807, 2.05) is 35.2 Å². The molecule has 6 heteroatoms. The molecule has 2 aromatic carbocycles. The quantitative estimate of drug-likeness (QED) is 0.521. The number of carbonyl (C=O) groups is 1. The van der Waals surface area contributed by atoms with Crippen molar-refractivity contribution >= 4 is 11.6 Å². The second-order valence-electron chi connectivity index (χ2n) is 9.40. The van der Waals surface area contributed by atoms with Crippen LogP contribution < -0.4 is 4.90 Å². The summed E-state index contributed by atoms with van der Waals surface area (Å²) in [6, 6.07) is 18.7. The molecule has 1 atom stereocenters. The molecule has 0 N–H and O–H groups in total. The maximum atomic E-state index is 13.8. The molecule has 1 aromatic heterocycles. The number of rotatable bonds is 6. The van der Waals surface area contributed by atoms with Gasteiger partial charge in [-0.25, -0.2) is 0 Å². The van der Waals surface area contributed by atoms with Crippen LogP contribution >= 0.6 is 0 Å². The van der Waals surface area contributed by atoms with E-state index in [4.69, 9.17) is 4.52 Å². The Bertz CT molecular complexity index is 1060. The molecule has 2 heterocycles. The molecule has 2 fully saturated rings. The summed E-state index contributed by atoms with van der Waals surface area (Å²) in [6.45, 7) is 4.27. The topological polar surface area (TPSA) is 62.5 Å². The van der Waals surface area contributed by atoms with Crippen LogP contribution in [0.4, 0.5) is 5.69 Å². The van der Waals surface area contributed by atoms with Gasteiger partial charge in [0.15, 0.2) is 0 Å². The summed E-state index contributed by atoms with van der Waals surface area (Å²) in [7, 11) is 0. The molecule has 1 saturated heterocycles. The van der Waals surface area contributed by atoms with Crippen LogP contribution in [0.15, 0.2) is 59.1 Å². The van der Waals surface area contributed by atoms with Crippen molar-refractivity contribution in [2.24, 2.45) is 5.92 Å². The zero-order valence-corrected chi connectivity index (χ0v) is 19.3. The molecule has 0 radical (unpaired) electrons. The van der Waals surface area contributed by atoms with E-state index < -0.39 is 0 Å². The Labute approximate surface area is 195 Å². The van der Waals surface area contributed by atoms with E-state index in [1.165, 1.54) is 24.1 Å². The average Bonchev–Trinajstić information content (AvgIpc) is 3.56. The minimum atomic E-state index is -0.00262. The smallest absolute Gasteiger partial charge is 0.246 e. The maximum absolute atomic E-state index is 13.8. The SMILES string of the molecule is Cc1ccc(N2CCC[C@@H](C(=O)N(Cc3nc(-c4ccccc4)no3)C3CCCC3)C2)cc1. The van der Waals surface area contributed by atoms with Crippen molar-refractivity contribution in [3.05, 3.63) is 66.1 Å². The summed E-state index contributed by atoms with van der Waals surface area (Å²) in [6.07, 6.45) is 6.42. The van der Waals surface area contributed by atoms with Crippen molar-refractivity contribution in [2.45, 2.75) is 58.0 Å². The van der Waals surface area contributed by atoms with Gasteiger partial charge in [-0.3, -0.25) is 4.79 Å². The molecule has 0 bridgehead atoms. The molecule has 6 nitrogen and oxygen atoms in total. The fourth-order valence-corrected chi connectivity index (χ4v) is 5.18. The molecule has 5 rings (SSSR count). The van der Waals surface area contributed by atoms with Crippen molar-refractivity contribution in [3.63, 3.8) is 0 Å². The normalized spacial score (nSPS) is 19.1. The summed E-state index contributed by atoms with van der Waals surface area (Å²) < 4.78 is 5.58. The van der Waals surface area contributed by atoms with Gasteiger partial charge in [-0.15, -0.1) is 0 Å². The number of anilines is 1. The third-order valence-corrected chi connectivity index (χ3v) is 7.02. The predicted octanol–water partition coefficient (Wildman–Crippen LogP) is 5.23. The Morgan fingerprint density at radius 3 is 2.55 bits per heavy atom. The second-order valence-corrected chi connectivity index (χ2v) is 9.40. The van der Waals surface area contributed by atoms with Gasteiger partial charge in [0.1, 0.15) is 6.54 Å². The fourth-order valence-electron chi connectivity index (χ4n) is 5.18. The lowest BCUT2D eigenvalue weighted by molar-refractivity contribution is -0.139. The molecular formula is C27H32N4O2. The Morgan fingerprint density at radius 2 is 1.79 bits per heavy atom. The van der Waals surface area contributed by atoms with Crippen molar-refractivity contribution in [1.29, 1.82) is 0 Å². The van der Waals surface area contributed by atoms with Gasteiger partial charge in [0.05, 0.1) is 5.92 Å². The number of amides is 1. The number of nitrogens with zero attached hydrogens (tertiary/aromatic N) is 4. The first-order valence-electron chi connectivity index (χ1n) is 12.2. The van der Waals surface area contributed by atoms with Crippen molar-refractivity contribution in [1.82, 2.24) is 15.0 Å². The third-order valence-electron chi connectivity index (χ3n) is 7.02. The molecule has 1 aliphatic heterocycles. The number of aryl methyl sites for hydroxylation is 1. The van der Waals surface area contributed by atoms with Gasteiger partial charge in [-0.2, -0.15) is 4.98 Å². The van der Waals surface area contributed by atoms with E-state index in [1.54, 1.807) is 0 Å². The van der Waals surface area contributed by atoms with Crippen LogP contribution in [0.1, 0.15) is 50.0 Å². The molecule has 0 unspecified atom stereocenters. The number of piperidine rings is 1. The van der Waals surface area contributed by atoms with Gasteiger partial charge in [-0.1, -0.05) is 66.0 Å². The average molecular weight is 445 g/mol. The highest BCUT2D eigenvalue weighted by molar-refractivity contribution is 5.80. The van der Waals surface area contributed by atoms with Crippen LogP contribution in [0.2, 0.25) is 0 Å². The standard InChI is InChI=1S/C27H32N4O2/c1-20-13-15-23(16-14-20)30-17-7-10-22(18-30)27(32)31(24-11-5-6-12-24)19-25-28-26(29-33-25)21-8-3-2-4-9-21/h2-4,8-9,13-16,22,24H,5-7,10-12,17-19H2,1H3/t22-/m1/s1. The van der Waals surface area contributed by atoms with E-state index in [0.717, 1.165) is 44.3 Å². The first-order chi connectivity index (χ1) is 16.2. The zero-order chi connectivity index (χ0) is 22.6. The van der Waals surface area contributed by atoms with Gasteiger partial charge in [0.2, 0.25) is 17.6 Å². The minimum absolute atomic E-state index is 0.00262. The molecule has 1 aliphatic carbocycles. The van der Waals surface area contributed by atoms with Gasteiger partial charge in [0.25, 0.3) is 0 Å². The predicted molar refractivity (Wildman–Crippen MR) is 129 cm³/mol. The Balaban J connectivity index is 1.32. The largest absolute Gasteiger partial charge is 0.371 e. The number of hydrogen-bond acceptors (Lipinski definition) is 5. The number of carbonyl (C=O) groups excluding carboxylic acids is 1. The lowest BCUT2D eigenvalue weighted by Crippen LogP contribution is -2.47. The van der Waals surface area contributed by atoms with Crippen molar-refractivity contribution in [3.8, 4) is 11.4 Å². The van der Waals surface area contributed by atoms with Crippen LogP contribution in [-0.2, 0) is 11.3 Å². The van der Waals surface area contributed by atoms with Crippen LogP contribution in [0.5, 0.6) is 0 Å². The monoisotopic (exact) mass is 444 g/mol. The van der Waals surface area contributed by atoms with Crippen LogP contribution in [0.3, 0.4) is 0 Å². The molecular weight excluding hydrogens is 412 g/mol. The highest BCUT2D eigenvalue weighted by Gasteiger charge is 2.35. The summed E-state index contributed by atoms with van der Waals surface area (Å²) in [5.41, 5.74) is 3.38. The van der Waals surface area contributed by atoms with Crippen LogP contribution in [0.25, 0.3) is 11.4 Å². The summed E-state index contributed by atoms with van der Waals surface area (Å²) in [5.74, 6) is 1.32. The van der Waals surface area contributed by atoms with Crippen LogP contribution in [0, 0.1) is 12.8 Å². The van der Waals surface area contributed by atoms with E-state index in [9.17, 15) is 4.79 Å². The number of hydrogen-bond donors (Lipinski definition) is 0. The second kappa shape index (κ2) is 9.77. The summed E-state index contributed by atoms with van der Waals surface area (Å²) >= 11 is 0. The molecule has 1 amide bonds. The Morgan fingerprint density at radius 1 is 1.03 bits per heavy atom. The van der Waals surface area contributed by atoms with Gasteiger partial charge in [0, 0.05) is 30.4 Å². The Hall–Kier alpha value is -3.15. The molecule has 2 aliphatic rings. The lowest BCUT2D eigenvalue weighted by atomic mass is 9.95. The molecule has 172 valence electrons. The minimum Gasteiger partial charge on any atom is -0.371 e. The molecule has 0 spiro atoms. The van der Waals surface area contributed by atoms with Gasteiger partial charge >= 0.3 is 0 Å². The highest BCUT2D eigenvalue weighted by Crippen LogP contribution is 2.30. The van der Waals surface area contributed by atoms with Crippen molar-refractivity contribution in [2.75, 3.05) is 18.0 Å². The van der Waals surface area contributed by atoms with Gasteiger partial charge in [-0.05, 0) is 44.7 Å². The van der Waals surface area contributed by atoms with E-state index in [2.05, 4.69) is 46.2 Å². The fraction of sp³-hybridized carbons (Fsp3) is 0.444. The van der Waals surface area contributed by atoms with E-state index in [0.29, 0.717) is 18.3 Å². The Kier molecular flexibility index (Phi) is 6.42. The zero-order valence-electron chi connectivity index (χ0n) is 19.3. The van der Waals surface area contributed by atoms with Crippen molar-refractivity contribution < 1.29 is 9.32 Å². The molecule has 33 heavy (non-hydrogen) atoms.